The first-order valence-electron chi connectivity index (χ1n) is 5.71. The van der Waals surface area contributed by atoms with E-state index in [-0.39, 0.29) is 11.9 Å². The van der Waals surface area contributed by atoms with Crippen LogP contribution >= 0.6 is 27.5 Å². The van der Waals surface area contributed by atoms with Crippen molar-refractivity contribution >= 4 is 33.4 Å². The number of nitrogens with one attached hydrogen (secondary N) is 1. The lowest BCUT2D eigenvalue weighted by molar-refractivity contribution is 0.0934. The molecule has 1 amide bonds. The van der Waals surface area contributed by atoms with Gasteiger partial charge in [0, 0.05) is 16.4 Å². The summed E-state index contributed by atoms with van der Waals surface area (Å²) in [5.41, 5.74) is 1.75. The van der Waals surface area contributed by atoms with Crippen LogP contribution in [0.5, 0.6) is 0 Å². The van der Waals surface area contributed by atoms with Gasteiger partial charge in [-0.15, -0.1) is 11.6 Å². The molecule has 0 aliphatic carbocycles. The number of aryl methyl sites for hydroxylation is 1. The van der Waals surface area contributed by atoms with Gasteiger partial charge in [0.2, 0.25) is 0 Å². The van der Waals surface area contributed by atoms with Crippen LogP contribution in [0.3, 0.4) is 0 Å². The van der Waals surface area contributed by atoms with Crippen molar-refractivity contribution < 1.29 is 4.79 Å². The lowest BCUT2D eigenvalue weighted by Crippen LogP contribution is -2.34. The Morgan fingerprint density at radius 3 is 2.82 bits per heavy atom. The maximum Gasteiger partial charge on any atom is 0.252 e. The molecule has 0 radical (unpaired) electrons. The molecule has 0 saturated carbocycles. The molecule has 0 aliphatic rings. The summed E-state index contributed by atoms with van der Waals surface area (Å²) >= 11 is 9.10. The highest BCUT2D eigenvalue weighted by atomic mass is 79.9. The first kappa shape index (κ1) is 14.5. The summed E-state index contributed by atoms with van der Waals surface area (Å²) in [5.74, 6) is 0.519. The Hall–Kier alpha value is -0.540. The van der Waals surface area contributed by atoms with Gasteiger partial charge in [-0.25, -0.2) is 0 Å². The highest BCUT2D eigenvalue weighted by Crippen LogP contribution is 2.18. The van der Waals surface area contributed by atoms with Gasteiger partial charge in [-0.1, -0.05) is 18.6 Å². The van der Waals surface area contributed by atoms with Gasteiger partial charge in [0.15, 0.2) is 0 Å². The van der Waals surface area contributed by atoms with Crippen molar-refractivity contribution in [2.75, 3.05) is 5.88 Å². The van der Waals surface area contributed by atoms with Gasteiger partial charge in [-0.2, -0.15) is 0 Å². The number of carbonyl (C=O) groups excluding carboxylic acids is 1. The van der Waals surface area contributed by atoms with Gasteiger partial charge in [0.05, 0.1) is 5.56 Å². The molecule has 17 heavy (non-hydrogen) atoms. The molecule has 0 aromatic heterocycles. The molecule has 1 unspecified atom stereocenters. The van der Waals surface area contributed by atoms with E-state index in [0.29, 0.717) is 11.4 Å². The predicted molar refractivity (Wildman–Crippen MR) is 75.8 cm³/mol. The summed E-state index contributed by atoms with van der Waals surface area (Å²) < 4.78 is 0.821. The molecule has 1 rings (SSSR count). The quantitative estimate of drug-likeness (QED) is 0.820. The first-order valence-corrected chi connectivity index (χ1v) is 7.04. The highest BCUT2D eigenvalue weighted by molar-refractivity contribution is 9.10. The summed E-state index contributed by atoms with van der Waals surface area (Å²) in [6.07, 6.45) is 1.69. The number of rotatable bonds is 5. The fraction of sp³-hybridized carbons (Fsp3) is 0.462. The second-order valence-electron chi connectivity index (χ2n) is 4.04. The molecule has 0 saturated heterocycles. The molecule has 0 heterocycles. The minimum Gasteiger partial charge on any atom is -0.349 e. The number of carbonyl (C=O) groups is 1. The summed E-state index contributed by atoms with van der Waals surface area (Å²) in [5, 5.41) is 3.00. The van der Waals surface area contributed by atoms with Crippen molar-refractivity contribution in [1.82, 2.24) is 5.32 Å². The summed E-state index contributed by atoms with van der Waals surface area (Å²) in [6.45, 7) is 4.02. The van der Waals surface area contributed by atoms with Gasteiger partial charge >= 0.3 is 0 Å². The lowest BCUT2D eigenvalue weighted by atomic mass is 10.1. The van der Waals surface area contributed by atoms with E-state index in [9.17, 15) is 4.79 Å². The van der Waals surface area contributed by atoms with Crippen molar-refractivity contribution in [2.24, 2.45) is 0 Å². The monoisotopic (exact) mass is 317 g/mol. The summed E-state index contributed by atoms with van der Waals surface area (Å²) in [4.78, 5) is 12.1. The van der Waals surface area contributed by atoms with Crippen molar-refractivity contribution in [3.05, 3.63) is 33.8 Å². The fourth-order valence-corrected chi connectivity index (χ4v) is 2.28. The summed E-state index contributed by atoms with van der Waals surface area (Å²) in [6, 6.07) is 5.89. The Morgan fingerprint density at radius 2 is 2.24 bits per heavy atom. The standard InChI is InChI=1S/C13H17BrClNO/c1-3-10(6-7-15)16-13(17)11-8-9(2)4-5-12(11)14/h4-5,8,10H,3,6-7H2,1-2H3,(H,16,17). The van der Waals surface area contributed by atoms with Crippen LogP contribution in [-0.2, 0) is 0 Å². The van der Waals surface area contributed by atoms with Gasteiger partial charge in [-0.05, 0) is 47.8 Å². The Bertz CT molecular complexity index is 395. The number of amides is 1. The molecule has 1 atom stereocenters. The largest absolute Gasteiger partial charge is 0.349 e. The molecule has 4 heteroatoms. The SMILES string of the molecule is CCC(CCCl)NC(=O)c1cc(C)ccc1Br. The zero-order chi connectivity index (χ0) is 12.8. The Balaban J connectivity index is 2.78. The lowest BCUT2D eigenvalue weighted by Gasteiger charge is -2.16. The Kier molecular flexibility index (Phi) is 6.00. The number of halogens is 2. The molecule has 94 valence electrons. The molecule has 1 N–H and O–H groups in total. The topological polar surface area (TPSA) is 29.1 Å². The predicted octanol–water partition coefficient (Wildman–Crippen LogP) is 3.89. The van der Waals surface area contributed by atoms with E-state index in [4.69, 9.17) is 11.6 Å². The van der Waals surface area contributed by atoms with E-state index in [1.54, 1.807) is 0 Å². The third kappa shape index (κ3) is 4.32. The van der Waals surface area contributed by atoms with Crippen LogP contribution in [0.1, 0.15) is 35.7 Å². The maximum absolute atomic E-state index is 12.1. The molecular formula is C13H17BrClNO. The molecule has 0 bridgehead atoms. The van der Waals surface area contributed by atoms with E-state index in [2.05, 4.69) is 21.2 Å². The van der Waals surface area contributed by atoms with Crippen molar-refractivity contribution in [3.63, 3.8) is 0 Å². The Morgan fingerprint density at radius 1 is 1.53 bits per heavy atom. The maximum atomic E-state index is 12.1. The third-order valence-electron chi connectivity index (χ3n) is 2.65. The van der Waals surface area contributed by atoms with Crippen LogP contribution in [0.4, 0.5) is 0 Å². The van der Waals surface area contributed by atoms with Crippen LogP contribution in [0, 0.1) is 6.92 Å². The minimum atomic E-state index is -0.0439. The van der Waals surface area contributed by atoms with Crippen molar-refractivity contribution in [2.45, 2.75) is 32.7 Å². The second-order valence-corrected chi connectivity index (χ2v) is 5.27. The summed E-state index contributed by atoms with van der Waals surface area (Å²) in [7, 11) is 0. The van der Waals surface area contributed by atoms with Gasteiger partial charge in [-0.3, -0.25) is 4.79 Å². The minimum absolute atomic E-state index is 0.0439. The van der Waals surface area contributed by atoms with Crippen molar-refractivity contribution in [1.29, 1.82) is 0 Å². The average molecular weight is 319 g/mol. The number of hydrogen-bond donors (Lipinski definition) is 1. The number of alkyl halides is 1. The second kappa shape index (κ2) is 7.02. The van der Waals surface area contributed by atoms with Crippen LogP contribution in [0.25, 0.3) is 0 Å². The van der Waals surface area contributed by atoms with Gasteiger partial charge in [0.25, 0.3) is 5.91 Å². The van der Waals surface area contributed by atoms with E-state index >= 15 is 0 Å². The molecular weight excluding hydrogens is 302 g/mol. The van der Waals surface area contributed by atoms with Gasteiger partial charge in [0.1, 0.15) is 0 Å². The van der Waals surface area contributed by atoms with E-state index in [1.165, 1.54) is 0 Å². The van der Waals surface area contributed by atoms with Crippen LogP contribution < -0.4 is 5.32 Å². The first-order chi connectivity index (χ1) is 8.08. The molecule has 1 aromatic carbocycles. The van der Waals surface area contributed by atoms with Crippen LogP contribution in [-0.4, -0.2) is 17.8 Å². The van der Waals surface area contributed by atoms with E-state index in [0.717, 1.165) is 22.9 Å². The van der Waals surface area contributed by atoms with Crippen LogP contribution in [0.15, 0.2) is 22.7 Å². The molecule has 1 aromatic rings. The van der Waals surface area contributed by atoms with Crippen molar-refractivity contribution in [3.8, 4) is 0 Å². The molecule has 0 aliphatic heterocycles. The zero-order valence-corrected chi connectivity index (χ0v) is 12.4. The third-order valence-corrected chi connectivity index (χ3v) is 3.56. The number of hydrogen-bond acceptors (Lipinski definition) is 1. The van der Waals surface area contributed by atoms with E-state index in [1.807, 2.05) is 32.0 Å². The highest BCUT2D eigenvalue weighted by Gasteiger charge is 2.14. The smallest absolute Gasteiger partial charge is 0.252 e. The fourth-order valence-electron chi connectivity index (χ4n) is 1.59. The van der Waals surface area contributed by atoms with Gasteiger partial charge < -0.3 is 5.32 Å². The average Bonchev–Trinajstić information content (AvgIpc) is 2.31. The normalized spacial score (nSPS) is 12.2. The molecule has 0 fully saturated rings. The van der Waals surface area contributed by atoms with Crippen LogP contribution in [0.2, 0.25) is 0 Å². The number of benzene rings is 1. The molecule has 2 nitrogen and oxygen atoms in total. The Labute approximate surface area is 116 Å². The zero-order valence-electron chi connectivity index (χ0n) is 10.1. The molecule has 0 spiro atoms. The van der Waals surface area contributed by atoms with E-state index < -0.39 is 0 Å².